The molecule has 2 nitrogen and oxygen atoms in total. The molecule has 0 aromatic heterocycles. The Morgan fingerprint density at radius 1 is 1.38 bits per heavy atom. The third kappa shape index (κ3) is 2.71. The van der Waals surface area contributed by atoms with Crippen LogP contribution in [0.15, 0.2) is 0 Å². The van der Waals surface area contributed by atoms with Gasteiger partial charge in [0.1, 0.15) is 0 Å². The van der Waals surface area contributed by atoms with Crippen LogP contribution >= 0.6 is 0 Å². The number of likely N-dealkylation sites (tertiary alicyclic amines) is 1. The Balaban J connectivity index is 2.48. The van der Waals surface area contributed by atoms with Gasteiger partial charge in [0.05, 0.1) is 0 Å². The lowest BCUT2D eigenvalue weighted by Crippen LogP contribution is -2.43. The van der Waals surface area contributed by atoms with Gasteiger partial charge in [0.25, 0.3) is 0 Å². The molecule has 0 spiro atoms. The van der Waals surface area contributed by atoms with Gasteiger partial charge >= 0.3 is 0 Å². The Morgan fingerprint density at radius 3 is 2.77 bits per heavy atom. The highest BCUT2D eigenvalue weighted by atomic mass is 16.2. The Morgan fingerprint density at radius 2 is 2.15 bits per heavy atom. The van der Waals surface area contributed by atoms with Gasteiger partial charge in [-0.05, 0) is 32.1 Å². The maximum Gasteiger partial charge on any atom is 0.222 e. The molecule has 0 N–H and O–H groups in total. The number of piperidine rings is 1. The van der Waals surface area contributed by atoms with E-state index in [2.05, 4.69) is 18.7 Å². The summed E-state index contributed by atoms with van der Waals surface area (Å²) in [5.41, 5.74) is 0. The first-order chi connectivity index (χ1) is 6.29. The molecule has 0 unspecified atom stereocenters. The van der Waals surface area contributed by atoms with Crippen molar-refractivity contribution in [3.8, 4) is 0 Å². The monoisotopic (exact) mass is 183 g/mol. The van der Waals surface area contributed by atoms with Gasteiger partial charge < -0.3 is 4.90 Å². The van der Waals surface area contributed by atoms with Crippen LogP contribution in [0.25, 0.3) is 0 Å². The average molecular weight is 183 g/mol. The zero-order valence-electron chi connectivity index (χ0n) is 8.88. The number of rotatable bonds is 3. The molecular weight excluding hydrogens is 162 g/mol. The molecule has 0 radical (unpaired) electrons. The molecule has 0 aromatic rings. The van der Waals surface area contributed by atoms with E-state index in [4.69, 9.17) is 0 Å². The third-order valence-corrected chi connectivity index (χ3v) is 2.88. The fraction of sp³-hybridized carbons (Fsp3) is 0.909. The highest BCUT2D eigenvalue weighted by Crippen LogP contribution is 2.20. The summed E-state index contributed by atoms with van der Waals surface area (Å²) in [6.45, 7) is 5.25. The van der Waals surface area contributed by atoms with E-state index in [9.17, 15) is 4.79 Å². The van der Waals surface area contributed by atoms with Crippen LogP contribution in [0.3, 0.4) is 0 Å². The van der Waals surface area contributed by atoms with E-state index in [1.807, 2.05) is 0 Å². The van der Waals surface area contributed by atoms with Gasteiger partial charge in [0, 0.05) is 19.0 Å². The highest BCUT2D eigenvalue weighted by molar-refractivity contribution is 5.76. The molecule has 1 saturated heterocycles. The maximum absolute atomic E-state index is 11.7. The Bertz CT molecular complexity index is 167. The zero-order valence-corrected chi connectivity index (χ0v) is 8.88. The lowest BCUT2D eigenvalue weighted by Gasteiger charge is -2.35. The van der Waals surface area contributed by atoms with E-state index in [0.717, 1.165) is 25.8 Å². The molecule has 13 heavy (non-hydrogen) atoms. The van der Waals surface area contributed by atoms with E-state index in [1.165, 1.54) is 19.3 Å². The largest absolute Gasteiger partial charge is 0.340 e. The molecule has 1 amide bonds. The van der Waals surface area contributed by atoms with Crippen LogP contribution in [0.4, 0.5) is 0 Å². The number of hydrogen-bond donors (Lipinski definition) is 0. The summed E-state index contributed by atoms with van der Waals surface area (Å²) < 4.78 is 0. The van der Waals surface area contributed by atoms with Crippen molar-refractivity contribution in [3.05, 3.63) is 0 Å². The van der Waals surface area contributed by atoms with E-state index in [-0.39, 0.29) is 0 Å². The zero-order chi connectivity index (χ0) is 9.68. The van der Waals surface area contributed by atoms with Crippen molar-refractivity contribution in [1.29, 1.82) is 0 Å². The molecule has 1 atom stereocenters. The topological polar surface area (TPSA) is 20.3 Å². The van der Waals surface area contributed by atoms with E-state index >= 15 is 0 Å². The van der Waals surface area contributed by atoms with Crippen LogP contribution in [-0.4, -0.2) is 23.4 Å². The van der Waals surface area contributed by atoms with E-state index < -0.39 is 0 Å². The summed E-state index contributed by atoms with van der Waals surface area (Å²) >= 11 is 0. The first kappa shape index (κ1) is 10.6. The number of carbonyl (C=O) groups is 1. The summed E-state index contributed by atoms with van der Waals surface area (Å²) in [4.78, 5) is 13.8. The summed E-state index contributed by atoms with van der Waals surface area (Å²) in [5.74, 6) is 0.369. The third-order valence-electron chi connectivity index (χ3n) is 2.88. The van der Waals surface area contributed by atoms with Gasteiger partial charge in [-0.15, -0.1) is 0 Å². The van der Waals surface area contributed by atoms with Gasteiger partial charge in [-0.2, -0.15) is 0 Å². The second-order valence-electron chi connectivity index (χ2n) is 3.89. The molecule has 0 aromatic carbocycles. The van der Waals surface area contributed by atoms with Crippen LogP contribution < -0.4 is 0 Å². The van der Waals surface area contributed by atoms with Crippen LogP contribution in [0.2, 0.25) is 0 Å². The fourth-order valence-corrected chi connectivity index (χ4v) is 2.11. The quantitative estimate of drug-likeness (QED) is 0.658. The second kappa shape index (κ2) is 5.25. The first-order valence-corrected chi connectivity index (χ1v) is 5.59. The van der Waals surface area contributed by atoms with Gasteiger partial charge in [-0.3, -0.25) is 4.79 Å². The second-order valence-corrected chi connectivity index (χ2v) is 3.89. The molecule has 0 saturated carbocycles. The lowest BCUT2D eigenvalue weighted by atomic mass is 9.99. The van der Waals surface area contributed by atoms with Crippen molar-refractivity contribution in [1.82, 2.24) is 4.90 Å². The predicted molar refractivity (Wildman–Crippen MR) is 54.6 cm³/mol. The number of hydrogen-bond acceptors (Lipinski definition) is 1. The molecule has 1 aliphatic heterocycles. The summed E-state index contributed by atoms with van der Waals surface area (Å²) in [6, 6.07) is 0.535. The minimum Gasteiger partial charge on any atom is -0.340 e. The summed E-state index contributed by atoms with van der Waals surface area (Å²) in [7, 11) is 0. The average Bonchev–Trinajstić information content (AvgIpc) is 2.18. The van der Waals surface area contributed by atoms with Crippen LogP contribution in [0.5, 0.6) is 0 Å². The molecule has 1 heterocycles. The molecule has 0 aliphatic carbocycles. The van der Waals surface area contributed by atoms with Gasteiger partial charge in [0.15, 0.2) is 0 Å². The highest BCUT2D eigenvalue weighted by Gasteiger charge is 2.23. The lowest BCUT2D eigenvalue weighted by molar-refractivity contribution is -0.134. The standard InChI is InChI=1S/C11H21NO/c1-3-7-11(13)12-9-6-5-8-10(12)4-2/h10H,3-9H2,1-2H3/t10-/m1/s1. The number of carbonyl (C=O) groups excluding carboxylic acids is 1. The molecule has 1 fully saturated rings. The molecule has 1 aliphatic rings. The van der Waals surface area contributed by atoms with Gasteiger partial charge in [-0.1, -0.05) is 13.8 Å². The Labute approximate surface area is 81.3 Å². The van der Waals surface area contributed by atoms with Gasteiger partial charge in [0.2, 0.25) is 5.91 Å². The van der Waals surface area contributed by atoms with E-state index in [1.54, 1.807) is 0 Å². The number of nitrogens with zero attached hydrogens (tertiary/aromatic N) is 1. The minimum absolute atomic E-state index is 0.369. The van der Waals surface area contributed by atoms with Crippen molar-refractivity contribution in [2.45, 2.75) is 58.4 Å². The molecule has 1 rings (SSSR count). The molecular formula is C11H21NO. The van der Waals surface area contributed by atoms with Crippen molar-refractivity contribution < 1.29 is 4.79 Å². The predicted octanol–water partition coefficient (Wildman–Crippen LogP) is 2.58. The van der Waals surface area contributed by atoms with E-state index in [0.29, 0.717) is 11.9 Å². The number of amides is 1. The first-order valence-electron chi connectivity index (χ1n) is 5.59. The van der Waals surface area contributed by atoms with Crippen molar-refractivity contribution in [3.63, 3.8) is 0 Å². The van der Waals surface area contributed by atoms with Crippen molar-refractivity contribution >= 4 is 5.91 Å². The summed E-state index contributed by atoms with van der Waals surface area (Å²) in [5, 5.41) is 0. The molecule has 76 valence electrons. The van der Waals surface area contributed by atoms with Crippen LogP contribution in [-0.2, 0) is 4.79 Å². The fourth-order valence-electron chi connectivity index (χ4n) is 2.11. The normalized spacial score (nSPS) is 23.2. The Hall–Kier alpha value is -0.530. The Kier molecular flexibility index (Phi) is 4.26. The SMILES string of the molecule is CCCC(=O)N1CCCC[C@H]1CC. The van der Waals surface area contributed by atoms with Crippen molar-refractivity contribution in [2.24, 2.45) is 0 Å². The van der Waals surface area contributed by atoms with Crippen LogP contribution in [0, 0.1) is 0 Å². The minimum atomic E-state index is 0.369. The maximum atomic E-state index is 11.7. The van der Waals surface area contributed by atoms with Gasteiger partial charge in [-0.25, -0.2) is 0 Å². The summed E-state index contributed by atoms with van der Waals surface area (Å²) in [6.07, 6.45) is 6.55. The smallest absolute Gasteiger partial charge is 0.222 e. The van der Waals surface area contributed by atoms with Crippen LogP contribution in [0.1, 0.15) is 52.4 Å². The molecule has 2 heteroatoms. The molecule has 0 bridgehead atoms. The van der Waals surface area contributed by atoms with Crippen molar-refractivity contribution in [2.75, 3.05) is 6.54 Å².